The van der Waals surface area contributed by atoms with Gasteiger partial charge in [-0.15, -0.1) is 5.10 Å². The van der Waals surface area contributed by atoms with Gasteiger partial charge in [0.15, 0.2) is 5.75 Å². The number of benzene rings is 1. The normalized spacial score (nSPS) is 22.3. The van der Waals surface area contributed by atoms with E-state index < -0.39 is 5.82 Å². The first kappa shape index (κ1) is 23.7. The summed E-state index contributed by atoms with van der Waals surface area (Å²) in [4.78, 5) is 20.2. The molecular weight excluding hydrogens is 449 g/mol. The van der Waals surface area contributed by atoms with E-state index in [0.717, 1.165) is 42.5 Å². The van der Waals surface area contributed by atoms with Crippen LogP contribution in [0.2, 0.25) is 0 Å². The summed E-state index contributed by atoms with van der Waals surface area (Å²) in [5.41, 5.74) is 2.13. The highest BCUT2D eigenvalue weighted by Crippen LogP contribution is 2.38. The predicted molar refractivity (Wildman–Crippen MR) is 130 cm³/mol. The molecule has 0 amide bonds. The number of ether oxygens (including phenoxy) is 2. The number of H-pyrrole nitrogens is 1. The molecule has 4 heterocycles. The van der Waals surface area contributed by atoms with E-state index in [1.165, 1.54) is 18.6 Å². The average molecular weight is 483 g/mol. The predicted octanol–water partition coefficient (Wildman–Crippen LogP) is 3.58. The Kier molecular flexibility index (Phi) is 6.21. The second-order valence-corrected chi connectivity index (χ2v) is 10.6. The van der Waals surface area contributed by atoms with Crippen molar-refractivity contribution in [3.05, 3.63) is 51.8 Å². The minimum atomic E-state index is -0.390. The van der Waals surface area contributed by atoms with Gasteiger partial charge >= 0.3 is 0 Å². The number of quaternary nitrogens is 1. The molecule has 2 atom stereocenters. The summed E-state index contributed by atoms with van der Waals surface area (Å²) in [5.74, 6) is 0.731. The maximum Gasteiger partial charge on any atom is 0.276 e. The monoisotopic (exact) mass is 482 g/mol. The van der Waals surface area contributed by atoms with Gasteiger partial charge in [0, 0.05) is 25.3 Å². The topological polar surface area (TPSA) is 90.0 Å². The van der Waals surface area contributed by atoms with E-state index in [-0.39, 0.29) is 11.1 Å². The van der Waals surface area contributed by atoms with Gasteiger partial charge in [0.2, 0.25) is 0 Å². The highest BCUT2D eigenvalue weighted by Gasteiger charge is 2.48. The van der Waals surface area contributed by atoms with Gasteiger partial charge in [-0.25, -0.2) is 9.37 Å². The Hall–Kier alpha value is -3.07. The molecule has 5 rings (SSSR count). The maximum atomic E-state index is 13.6. The molecule has 9 heteroatoms. The number of hydrogen-bond acceptors (Lipinski definition) is 6. The van der Waals surface area contributed by atoms with Gasteiger partial charge < -0.3 is 18.9 Å². The number of aromatic amines is 1. The van der Waals surface area contributed by atoms with Crippen molar-refractivity contribution in [3.63, 3.8) is 0 Å². The zero-order valence-electron chi connectivity index (χ0n) is 20.6. The SMILES string of the molecule is CC(C)(C)[N+]1(CCc2nc3ccc(F)cc3[nH]c2=O)CCCCC1Cc1cc2c(nn1)OCCO2. The van der Waals surface area contributed by atoms with Crippen LogP contribution < -0.4 is 15.0 Å². The van der Waals surface area contributed by atoms with E-state index in [2.05, 4.69) is 40.9 Å². The summed E-state index contributed by atoms with van der Waals surface area (Å²) in [5, 5.41) is 8.69. The molecule has 1 fully saturated rings. The first-order chi connectivity index (χ1) is 16.7. The first-order valence-electron chi connectivity index (χ1n) is 12.4. The van der Waals surface area contributed by atoms with Crippen LogP contribution in [0.3, 0.4) is 0 Å². The largest absolute Gasteiger partial charge is 0.484 e. The summed E-state index contributed by atoms with van der Waals surface area (Å²) < 4.78 is 25.7. The molecule has 3 aromatic rings. The van der Waals surface area contributed by atoms with E-state index in [4.69, 9.17) is 9.47 Å². The number of likely N-dealkylation sites (tertiary alicyclic amines) is 1. The summed E-state index contributed by atoms with van der Waals surface area (Å²) in [6.45, 7) is 9.66. The minimum Gasteiger partial charge on any atom is -0.484 e. The molecule has 0 bridgehead atoms. The number of hydrogen-bond donors (Lipinski definition) is 1. The van der Waals surface area contributed by atoms with Crippen molar-refractivity contribution in [1.82, 2.24) is 20.2 Å². The Morgan fingerprint density at radius 1 is 1.14 bits per heavy atom. The Balaban J connectivity index is 1.43. The standard InChI is InChI=1S/C26H32FN5O3/c1-26(2,3)32(11-9-21-24(33)29-22-14-17(27)7-8-20(22)28-21)10-5-4-6-19(32)15-18-16-23-25(31-30-18)35-13-12-34-23/h7-8,14,16,19H,4-6,9-13,15H2,1-3H3/p+1. The van der Waals surface area contributed by atoms with E-state index in [1.54, 1.807) is 6.07 Å². The highest BCUT2D eigenvalue weighted by atomic mass is 19.1. The van der Waals surface area contributed by atoms with Crippen molar-refractivity contribution in [1.29, 1.82) is 0 Å². The maximum absolute atomic E-state index is 13.6. The fourth-order valence-electron chi connectivity index (χ4n) is 5.80. The molecule has 2 aromatic heterocycles. The number of piperidine rings is 1. The molecule has 0 radical (unpaired) electrons. The smallest absolute Gasteiger partial charge is 0.276 e. The average Bonchev–Trinajstić information content (AvgIpc) is 2.83. The van der Waals surface area contributed by atoms with Crippen LogP contribution in [0.15, 0.2) is 29.1 Å². The zero-order chi connectivity index (χ0) is 24.6. The van der Waals surface area contributed by atoms with Crippen LogP contribution in [-0.4, -0.2) is 62.5 Å². The quantitative estimate of drug-likeness (QED) is 0.559. The van der Waals surface area contributed by atoms with Crippen LogP contribution in [0.5, 0.6) is 11.6 Å². The number of halogens is 1. The van der Waals surface area contributed by atoms with Crippen LogP contribution in [0, 0.1) is 5.82 Å². The van der Waals surface area contributed by atoms with Crippen molar-refractivity contribution in [3.8, 4) is 11.6 Å². The summed E-state index contributed by atoms with van der Waals surface area (Å²) in [7, 11) is 0. The third kappa shape index (κ3) is 4.61. The fraction of sp³-hybridized carbons (Fsp3) is 0.538. The number of fused-ring (bicyclic) bond motifs is 2. The van der Waals surface area contributed by atoms with Crippen molar-refractivity contribution in [2.75, 3.05) is 26.3 Å². The molecule has 8 nitrogen and oxygen atoms in total. The van der Waals surface area contributed by atoms with Crippen molar-refractivity contribution < 1.29 is 18.3 Å². The first-order valence-corrected chi connectivity index (χ1v) is 12.4. The van der Waals surface area contributed by atoms with Gasteiger partial charge in [-0.2, -0.15) is 5.10 Å². The summed E-state index contributed by atoms with van der Waals surface area (Å²) >= 11 is 0. The van der Waals surface area contributed by atoms with Crippen LogP contribution in [0.4, 0.5) is 4.39 Å². The second-order valence-electron chi connectivity index (χ2n) is 10.6. The fourth-order valence-corrected chi connectivity index (χ4v) is 5.80. The van der Waals surface area contributed by atoms with Gasteiger partial charge in [-0.3, -0.25) is 4.79 Å². The van der Waals surface area contributed by atoms with Gasteiger partial charge in [0.05, 0.1) is 41.4 Å². The van der Waals surface area contributed by atoms with Crippen molar-refractivity contribution in [2.45, 2.75) is 64.5 Å². The van der Waals surface area contributed by atoms with E-state index in [9.17, 15) is 9.18 Å². The molecule has 2 aliphatic heterocycles. The molecule has 0 saturated carbocycles. The van der Waals surface area contributed by atoms with Gasteiger partial charge in [0.25, 0.3) is 11.4 Å². The summed E-state index contributed by atoms with van der Waals surface area (Å²) in [6, 6.07) is 6.58. The number of nitrogens with zero attached hydrogens (tertiary/aromatic N) is 4. The molecular formula is C26H33FN5O3+. The van der Waals surface area contributed by atoms with E-state index in [1.807, 2.05) is 6.07 Å². The van der Waals surface area contributed by atoms with E-state index in [0.29, 0.717) is 54.0 Å². The molecule has 2 aliphatic rings. The Morgan fingerprint density at radius 3 is 2.80 bits per heavy atom. The lowest BCUT2D eigenvalue weighted by molar-refractivity contribution is -0.996. The molecule has 1 saturated heterocycles. The lowest BCUT2D eigenvalue weighted by Gasteiger charge is -2.56. The molecule has 35 heavy (non-hydrogen) atoms. The Morgan fingerprint density at radius 2 is 1.97 bits per heavy atom. The summed E-state index contributed by atoms with van der Waals surface area (Å²) in [6.07, 6.45) is 4.71. The number of rotatable bonds is 5. The lowest BCUT2D eigenvalue weighted by atomic mass is 9.86. The highest BCUT2D eigenvalue weighted by molar-refractivity contribution is 5.73. The van der Waals surface area contributed by atoms with Crippen LogP contribution >= 0.6 is 0 Å². The number of aromatic nitrogens is 4. The van der Waals surface area contributed by atoms with Gasteiger partial charge in [0.1, 0.15) is 24.7 Å². The Labute approximate surface area is 204 Å². The van der Waals surface area contributed by atoms with Crippen molar-refractivity contribution >= 4 is 11.0 Å². The molecule has 0 spiro atoms. The van der Waals surface area contributed by atoms with Crippen molar-refractivity contribution in [2.24, 2.45) is 0 Å². The van der Waals surface area contributed by atoms with Crippen LogP contribution in [0.1, 0.15) is 51.4 Å². The third-order valence-electron chi connectivity index (χ3n) is 7.65. The van der Waals surface area contributed by atoms with Gasteiger partial charge in [-0.1, -0.05) is 0 Å². The van der Waals surface area contributed by atoms with Gasteiger partial charge in [-0.05, 0) is 51.8 Å². The Bertz CT molecular complexity index is 1290. The minimum absolute atomic E-state index is 0.0426. The molecule has 1 aromatic carbocycles. The zero-order valence-corrected chi connectivity index (χ0v) is 20.6. The third-order valence-corrected chi connectivity index (χ3v) is 7.65. The van der Waals surface area contributed by atoms with E-state index >= 15 is 0 Å². The molecule has 2 unspecified atom stereocenters. The molecule has 0 aliphatic carbocycles. The lowest BCUT2D eigenvalue weighted by Crippen LogP contribution is -2.68. The number of nitrogens with one attached hydrogen (secondary N) is 1. The van der Waals surface area contributed by atoms with Crippen LogP contribution in [-0.2, 0) is 12.8 Å². The molecule has 186 valence electrons. The molecule has 1 N–H and O–H groups in total. The second kappa shape index (κ2) is 9.18. The van der Waals surface area contributed by atoms with Crippen LogP contribution in [0.25, 0.3) is 11.0 Å².